The van der Waals surface area contributed by atoms with E-state index >= 15 is 0 Å². The number of nitrogens with two attached hydrogens (primary N) is 1. The van der Waals surface area contributed by atoms with Gasteiger partial charge in [0.2, 0.25) is 5.95 Å². The van der Waals surface area contributed by atoms with Gasteiger partial charge < -0.3 is 31.0 Å². The molecule has 4 N–H and O–H groups in total. The molecule has 1 aromatic carbocycles. The van der Waals surface area contributed by atoms with Gasteiger partial charge in [0.15, 0.2) is 0 Å². The van der Waals surface area contributed by atoms with E-state index in [9.17, 15) is 4.79 Å². The fourth-order valence-corrected chi connectivity index (χ4v) is 4.17. The van der Waals surface area contributed by atoms with Crippen LogP contribution in [-0.2, 0) is 4.79 Å². The molecule has 1 saturated heterocycles. The lowest BCUT2D eigenvalue weighted by Gasteiger charge is -2.34. The van der Waals surface area contributed by atoms with E-state index in [1.54, 1.807) is 18.6 Å². The van der Waals surface area contributed by atoms with E-state index in [-0.39, 0.29) is 5.95 Å². The Bertz CT molecular complexity index is 1190. The zero-order valence-electron chi connectivity index (χ0n) is 18.4. The van der Waals surface area contributed by atoms with Gasteiger partial charge in [0.05, 0.1) is 5.69 Å². The molecular formula is C24H26N8O. The first kappa shape index (κ1) is 20.9. The van der Waals surface area contributed by atoms with Gasteiger partial charge in [-0.1, -0.05) is 6.07 Å². The second-order valence-electron chi connectivity index (χ2n) is 8.27. The average molecular weight is 443 g/mol. The van der Waals surface area contributed by atoms with Crippen molar-refractivity contribution in [3.05, 3.63) is 60.1 Å². The molecule has 0 saturated carbocycles. The molecule has 5 rings (SSSR count). The zero-order valence-corrected chi connectivity index (χ0v) is 18.4. The summed E-state index contributed by atoms with van der Waals surface area (Å²) in [7, 11) is 2.15. The van der Waals surface area contributed by atoms with Gasteiger partial charge in [-0.2, -0.15) is 0 Å². The summed E-state index contributed by atoms with van der Waals surface area (Å²) in [5, 5.41) is 6.56. The zero-order chi connectivity index (χ0) is 22.8. The number of piperazine rings is 1. The third kappa shape index (κ3) is 4.35. The van der Waals surface area contributed by atoms with Crippen LogP contribution in [0.2, 0.25) is 0 Å². The number of benzene rings is 1. The number of fused-ring (bicyclic) bond motifs is 1. The second-order valence-corrected chi connectivity index (χ2v) is 8.27. The summed E-state index contributed by atoms with van der Waals surface area (Å²) >= 11 is 0. The summed E-state index contributed by atoms with van der Waals surface area (Å²) < 4.78 is 0. The Balaban J connectivity index is 1.52. The molecule has 33 heavy (non-hydrogen) atoms. The molecule has 1 atom stereocenters. The van der Waals surface area contributed by atoms with Crippen LogP contribution < -0.4 is 21.3 Å². The van der Waals surface area contributed by atoms with E-state index < -0.39 is 6.04 Å². The predicted octanol–water partition coefficient (Wildman–Crippen LogP) is 2.43. The summed E-state index contributed by atoms with van der Waals surface area (Å²) in [4.78, 5) is 29.6. The molecule has 9 heteroatoms. The van der Waals surface area contributed by atoms with Crippen LogP contribution in [0, 0.1) is 0 Å². The van der Waals surface area contributed by atoms with Crippen molar-refractivity contribution in [2.24, 2.45) is 0 Å². The Kier molecular flexibility index (Phi) is 5.62. The highest BCUT2D eigenvalue weighted by Crippen LogP contribution is 2.34. The van der Waals surface area contributed by atoms with Crippen LogP contribution in [0.15, 0.2) is 48.9 Å². The van der Waals surface area contributed by atoms with Gasteiger partial charge in [0.25, 0.3) is 0 Å². The first-order valence-corrected chi connectivity index (χ1v) is 10.9. The smallest absolute Gasteiger partial charge is 0.219 e. The van der Waals surface area contributed by atoms with Gasteiger partial charge in [-0.25, -0.2) is 15.0 Å². The summed E-state index contributed by atoms with van der Waals surface area (Å²) in [5.74, 6) is 0.824. The van der Waals surface area contributed by atoms with Crippen LogP contribution in [-0.4, -0.2) is 59.4 Å². The number of nitrogen functional groups attached to an aromatic ring is 1. The highest BCUT2D eigenvalue weighted by Gasteiger charge is 2.23. The number of carbonyl (C=O) groups is 1. The molecule has 9 nitrogen and oxygen atoms in total. The Hall–Kier alpha value is -3.98. The van der Waals surface area contributed by atoms with Crippen molar-refractivity contribution in [3.63, 3.8) is 0 Å². The lowest BCUT2D eigenvalue weighted by atomic mass is 9.97. The largest absolute Gasteiger partial charge is 0.378 e. The van der Waals surface area contributed by atoms with Crippen LogP contribution in [0.3, 0.4) is 0 Å². The van der Waals surface area contributed by atoms with Gasteiger partial charge in [0.1, 0.15) is 18.1 Å². The topological polar surface area (TPSA) is 112 Å². The Labute approximate surface area is 192 Å². The number of nitrogens with zero attached hydrogens (tertiary/aromatic N) is 5. The van der Waals surface area contributed by atoms with E-state index in [0.717, 1.165) is 60.5 Å². The number of carbonyl (C=O) groups excluding carboxylic acids is 1. The minimum atomic E-state index is -0.488. The van der Waals surface area contributed by atoms with E-state index in [0.29, 0.717) is 11.5 Å². The molecule has 0 spiro atoms. The van der Waals surface area contributed by atoms with Crippen LogP contribution >= 0.6 is 0 Å². The van der Waals surface area contributed by atoms with Crippen molar-refractivity contribution in [2.45, 2.75) is 6.04 Å². The quantitative estimate of drug-likeness (QED) is 0.513. The molecule has 2 aliphatic rings. The molecule has 0 amide bonds. The normalized spacial score (nSPS) is 17.8. The Morgan fingerprint density at radius 2 is 1.94 bits per heavy atom. The van der Waals surface area contributed by atoms with Crippen molar-refractivity contribution in [1.29, 1.82) is 0 Å². The highest BCUT2D eigenvalue weighted by atomic mass is 16.1. The molecule has 0 aliphatic carbocycles. The molecule has 2 aliphatic heterocycles. The van der Waals surface area contributed by atoms with Gasteiger partial charge >= 0.3 is 0 Å². The van der Waals surface area contributed by atoms with Gasteiger partial charge in [0, 0.05) is 61.1 Å². The standard InChI is InChI=1S/C24H26N8O/c1-31-7-9-32(10-8-31)19-4-2-3-18(12-19)29-23-22-16(5-6-26-21(22)15-33)11-20(30-23)17-13-27-24(25)28-14-17/h2-6,11-15,21,26H,7-10H2,1H3,(H,29,30)(H2,25,27,28). The van der Waals surface area contributed by atoms with Gasteiger partial charge in [-0.15, -0.1) is 0 Å². The number of hydrogen-bond acceptors (Lipinski definition) is 9. The molecule has 4 heterocycles. The minimum absolute atomic E-state index is 0.209. The third-order valence-corrected chi connectivity index (χ3v) is 6.02. The number of aldehydes is 1. The molecule has 168 valence electrons. The fourth-order valence-electron chi connectivity index (χ4n) is 4.17. The van der Waals surface area contributed by atoms with Crippen molar-refractivity contribution < 1.29 is 4.79 Å². The SMILES string of the molecule is CN1CCN(c2cccc(Nc3nc(-c4cnc(N)nc4)cc4c3C(C=O)NC=C4)c2)CC1. The van der Waals surface area contributed by atoms with E-state index in [1.807, 2.05) is 24.3 Å². The number of rotatable bonds is 5. The summed E-state index contributed by atoms with van der Waals surface area (Å²) in [6.07, 6.45) is 7.91. The van der Waals surface area contributed by atoms with Crippen molar-refractivity contribution in [1.82, 2.24) is 25.2 Å². The number of likely N-dealkylation sites (N-methyl/N-ethyl adjacent to an activating group) is 1. The molecule has 1 fully saturated rings. The molecule has 3 aromatic rings. The number of nitrogens with one attached hydrogen (secondary N) is 2. The van der Waals surface area contributed by atoms with Crippen LogP contribution in [0.4, 0.5) is 23.1 Å². The fraction of sp³-hybridized carbons (Fsp3) is 0.250. The second kappa shape index (κ2) is 8.87. The number of pyridine rings is 1. The molecule has 0 radical (unpaired) electrons. The van der Waals surface area contributed by atoms with Crippen molar-refractivity contribution >= 4 is 35.5 Å². The maximum atomic E-state index is 11.8. The van der Waals surface area contributed by atoms with Crippen molar-refractivity contribution in [2.75, 3.05) is 49.2 Å². The number of hydrogen-bond donors (Lipinski definition) is 3. The van der Waals surface area contributed by atoms with Gasteiger partial charge in [-0.05, 0) is 49.2 Å². The number of aromatic nitrogens is 3. The van der Waals surface area contributed by atoms with Crippen LogP contribution in [0.5, 0.6) is 0 Å². The van der Waals surface area contributed by atoms with E-state index in [2.05, 4.69) is 49.6 Å². The monoisotopic (exact) mass is 442 g/mol. The highest BCUT2D eigenvalue weighted by molar-refractivity contribution is 5.80. The Morgan fingerprint density at radius 1 is 1.15 bits per heavy atom. The maximum Gasteiger partial charge on any atom is 0.219 e. The van der Waals surface area contributed by atoms with Crippen LogP contribution in [0.25, 0.3) is 17.3 Å². The average Bonchev–Trinajstić information content (AvgIpc) is 2.84. The minimum Gasteiger partial charge on any atom is -0.378 e. The van der Waals surface area contributed by atoms with E-state index in [1.165, 1.54) is 0 Å². The summed E-state index contributed by atoms with van der Waals surface area (Å²) in [5.41, 5.74) is 10.9. The lowest BCUT2D eigenvalue weighted by molar-refractivity contribution is -0.109. The maximum absolute atomic E-state index is 11.8. The molecule has 0 bridgehead atoms. The third-order valence-electron chi connectivity index (χ3n) is 6.02. The van der Waals surface area contributed by atoms with E-state index in [4.69, 9.17) is 10.7 Å². The lowest BCUT2D eigenvalue weighted by Crippen LogP contribution is -2.44. The summed E-state index contributed by atoms with van der Waals surface area (Å²) in [6, 6.07) is 9.74. The predicted molar refractivity (Wildman–Crippen MR) is 130 cm³/mol. The first-order valence-electron chi connectivity index (χ1n) is 10.9. The summed E-state index contributed by atoms with van der Waals surface area (Å²) in [6.45, 7) is 4.05. The van der Waals surface area contributed by atoms with Gasteiger partial charge in [-0.3, -0.25) is 0 Å². The molecular weight excluding hydrogens is 416 g/mol. The number of anilines is 4. The Morgan fingerprint density at radius 3 is 2.70 bits per heavy atom. The molecule has 2 aromatic heterocycles. The molecule has 1 unspecified atom stereocenters. The first-order chi connectivity index (χ1) is 16.1. The van der Waals surface area contributed by atoms with Crippen LogP contribution in [0.1, 0.15) is 17.2 Å². The van der Waals surface area contributed by atoms with Crippen molar-refractivity contribution in [3.8, 4) is 11.3 Å².